The summed E-state index contributed by atoms with van der Waals surface area (Å²) in [6.45, 7) is 7.77. The van der Waals surface area contributed by atoms with Gasteiger partial charge in [0.1, 0.15) is 12.8 Å². The number of nitrogens with zero attached hydrogens (tertiary/aromatic N) is 1. The van der Waals surface area contributed by atoms with E-state index in [4.69, 9.17) is 0 Å². The van der Waals surface area contributed by atoms with Gasteiger partial charge in [0.05, 0.1) is 0 Å². The van der Waals surface area contributed by atoms with Gasteiger partial charge in [0, 0.05) is 23.0 Å². The fourth-order valence-electron chi connectivity index (χ4n) is 3.60. The first kappa shape index (κ1) is 11.3. The summed E-state index contributed by atoms with van der Waals surface area (Å²) in [5, 5.41) is 0. The average molecular weight is 217 g/mol. The van der Waals surface area contributed by atoms with Crippen molar-refractivity contribution in [2.24, 2.45) is 5.41 Å². The molecule has 15 heavy (non-hydrogen) atoms. The Morgan fingerprint density at radius 2 is 2.00 bits per heavy atom. The van der Waals surface area contributed by atoms with E-state index in [0.717, 1.165) is 12.8 Å². The second-order valence-electron chi connectivity index (χ2n) is 6.21. The minimum atomic E-state index is -1.25. The van der Waals surface area contributed by atoms with Crippen LogP contribution in [-0.2, 0) is 0 Å². The van der Waals surface area contributed by atoms with Gasteiger partial charge in [0.15, 0.2) is 0 Å². The first-order chi connectivity index (χ1) is 6.83. The number of hydrogen-bond acceptors (Lipinski definition) is 1. The fraction of sp³-hybridized carbons (Fsp3) is 1.00. The minimum absolute atomic E-state index is 0.0678. The number of piperidine rings is 1. The highest BCUT2D eigenvalue weighted by atomic mass is 19.2. The molecule has 0 radical (unpaired) electrons. The topological polar surface area (TPSA) is 3.24 Å². The van der Waals surface area contributed by atoms with Gasteiger partial charge in [-0.3, -0.25) is 4.90 Å². The summed E-state index contributed by atoms with van der Waals surface area (Å²) in [6, 6.07) is 0.659. The molecular formula is C12H21F2N. The molecule has 1 saturated carbocycles. The molecule has 0 aromatic carbocycles. The Labute approximate surface area is 90.8 Å². The standard InChI is InChI=1S/C12H21F2N/c1-8-5-12(9(14)7-13)6-10(12)15(8)11(2,3)4/h8-10H,5-7H2,1-4H3/t8-,9?,10-,12+/m1/s1. The van der Waals surface area contributed by atoms with Crippen LogP contribution >= 0.6 is 0 Å². The molecule has 0 spiro atoms. The Balaban J connectivity index is 2.16. The Bertz CT molecular complexity index is 261. The van der Waals surface area contributed by atoms with Crippen molar-refractivity contribution < 1.29 is 8.78 Å². The van der Waals surface area contributed by atoms with Gasteiger partial charge in [-0.05, 0) is 40.5 Å². The van der Waals surface area contributed by atoms with Crippen LogP contribution < -0.4 is 0 Å². The summed E-state index contributed by atoms with van der Waals surface area (Å²) >= 11 is 0. The highest BCUT2D eigenvalue weighted by Gasteiger charge is 2.68. The van der Waals surface area contributed by atoms with E-state index in [1.165, 1.54) is 0 Å². The molecule has 0 bridgehead atoms. The Kier molecular flexibility index (Phi) is 2.38. The number of alkyl halides is 2. The minimum Gasteiger partial charge on any atom is -0.292 e. The Morgan fingerprint density at radius 1 is 1.40 bits per heavy atom. The molecule has 1 unspecified atom stereocenters. The lowest BCUT2D eigenvalue weighted by molar-refractivity contribution is 0.103. The normalized spacial score (nSPS) is 42.8. The van der Waals surface area contributed by atoms with Crippen molar-refractivity contribution in [3.63, 3.8) is 0 Å². The molecule has 1 aliphatic heterocycles. The van der Waals surface area contributed by atoms with Crippen molar-refractivity contribution in [1.29, 1.82) is 0 Å². The van der Waals surface area contributed by atoms with E-state index in [2.05, 4.69) is 32.6 Å². The molecule has 88 valence electrons. The third-order valence-corrected chi connectivity index (χ3v) is 4.10. The molecule has 1 heterocycles. The van der Waals surface area contributed by atoms with E-state index < -0.39 is 12.8 Å². The van der Waals surface area contributed by atoms with Crippen molar-refractivity contribution in [3.8, 4) is 0 Å². The molecule has 2 aliphatic rings. The van der Waals surface area contributed by atoms with Crippen molar-refractivity contribution in [1.82, 2.24) is 4.90 Å². The van der Waals surface area contributed by atoms with Gasteiger partial charge in [-0.25, -0.2) is 8.78 Å². The van der Waals surface area contributed by atoms with E-state index in [1.54, 1.807) is 0 Å². The predicted octanol–water partition coefficient (Wildman–Crippen LogP) is 2.95. The Morgan fingerprint density at radius 3 is 2.40 bits per heavy atom. The van der Waals surface area contributed by atoms with Gasteiger partial charge >= 0.3 is 0 Å². The van der Waals surface area contributed by atoms with Crippen LogP contribution in [0.3, 0.4) is 0 Å². The first-order valence-corrected chi connectivity index (χ1v) is 5.81. The van der Waals surface area contributed by atoms with Crippen molar-refractivity contribution in [2.45, 2.75) is 64.3 Å². The average Bonchev–Trinajstić information content (AvgIpc) is 2.69. The van der Waals surface area contributed by atoms with E-state index in [0.29, 0.717) is 6.04 Å². The van der Waals surface area contributed by atoms with E-state index >= 15 is 0 Å². The third-order valence-electron chi connectivity index (χ3n) is 4.10. The largest absolute Gasteiger partial charge is 0.292 e. The van der Waals surface area contributed by atoms with Crippen molar-refractivity contribution >= 4 is 0 Å². The predicted molar refractivity (Wildman–Crippen MR) is 57.4 cm³/mol. The van der Waals surface area contributed by atoms with Crippen molar-refractivity contribution in [2.75, 3.05) is 6.67 Å². The monoisotopic (exact) mass is 217 g/mol. The maximum atomic E-state index is 13.6. The lowest BCUT2D eigenvalue weighted by Crippen LogP contribution is -2.45. The van der Waals surface area contributed by atoms with E-state index in [9.17, 15) is 8.78 Å². The lowest BCUT2D eigenvalue weighted by Gasteiger charge is -2.37. The summed E-state index contributed by atoms with van der Waals surface area (Å²) < 4.78 is 26.1. The van der Waals surface area contributed by atoms with Gasteiger partial charge < -0.3 is 0 Å². The molecule has 1 nitrogen and oxygen atoms in total. The molecule has 4 atom stereocenters. The van der Waals surface area contributed by atoms with Gasteiger partial charge in [-0.2, -0.15) is 0 Å². The van der Waals surface area contributed by atoms with Gasteiger partial charge in [0.25, 0.3) is 0 Å². The van der Waals surface area contributed by atoms with Gasteiger partial charge in [-0.15, -0.1) is 0 Å². The zero-order valence-electron chi connectivity index (χ0n) is 10.1. The summed E-state index contributed by atoms with van der Waals surface area (Å²) in [5.41, 5.74) is -0.278. The maximum absolute atomic E-state index is 13.6. The van der Waals surface area contributed by atoms with Crippen LogP contribution in [0.25, 0.3) is 0 Å². The summed E-state index contributed by atoms with van der Waals surface area (Å²) in [6.07, 6.45) is 0.414. The fourth-order valence-corrected chi connectivity index (χ4v) is 3.60. The first-order valence-electron chi connectivity index (χ1n) is 5.81. The molecule has 2 rings (SSSR count). The number of fused-ring (bicyclic) bond motifs is 1. The van der Waals surface area contributed by atoms with Crippen LogP contribution in [0, 0.1) is 5.41 Å². The van der Waals surface area contributed by atoms with Gasteiger partial charge in [0.2, 0.25) is 0 Å². The summed E-state index contributed by atoms with van der Waals surface area (Å²) in [4.78, 5) is 2.37. The highest BCUT2D eigenvalue weighted by molar-refractivity contribution is 5.21. The molecule has 1 saturated heterocycles. The lowest BCUT2D eigenvalue weighted by atomic mass is 9.95. The van der Waals surface area contributed by atoms with Crippen LogP contribution in [0.1, 0.15) is 40.5 Å². The molecule has 0 N–H and O–H groups in total. The smallest absolute Gasteiger partial charge is 0.136 e. The second-order valence-corrected chi connectivity index (χ2v) is 6.21. The molecule has 2 fully saturated rings. The summed E-state index contributed by atoms with van der Waals surface area (Å²) in [5.74, 6) is 0. The van der Waals surface area contributed by atoms with Crippen molar-refractivity contribution in [3.05, 3.63) is 0 Å². The molecule has 3 heteroatoms. The zero-order chi connectivity index (χ0) is 11.4. The number of halogens is 2. The SMILES string of the molecule is C[C@@H]1C[C@@]2(C(F)CF)C[C@H]2N1C(C)(C)C. The van der Waals surface area contributed by atoms with Crippen LogP contribution in [0.15, 0.2) is 0 Å². The van der Waals surface area contributed by atoms with Crippen LogP contribution in [0.5, 0.6) is 0 Å². The zero-order valence-corrected chi connectivity index (χ0v) is 10.1. The van der Waals surface area contributed by atoms with E-state index in [1.807, 2.05) is 0 Å². The van der Waals surface area contributed by atoms with Gasteiger partial charge in [-0.1, -0.05) is 0 Å². The molecule has 1 aliphatic carbocycles. The second kappa shape index (κ2) is 3.16. The highest BCUT2D eigenvalue weighted by Crippen LogP contribution is 2.63. The number of likely N-dealkylation sites (tertiary alicyclic amines) is 1. The number of hydrogen-bond donors (Lipinski definition) is 0. The van der Waals surface area contributed by atoms with Crippen LogP contribution in [0.2, 0.25) is 0 Å². The quantitative estimate of drug-likeness (QED) is 0.687. The maximum Gasteiger partial charge on any atom is 0.136 e. The van der Waals surface area contributed by atoms with Crippen LogP contribution in [-0.4, -0.2) is 35.4 Å². The van der Waals surface area contributed by atoms with Crippen LogP contribution in [0.4, 0.5) is 8.78 Å². The molecule has 0 amide bonds. The molecule has 0 aromatic heterocycles. The molecule has 0 aromatic rings. The molecular weight excluding hydrogens is 196 g/mol. The third kappa shape index (κ3) is 1.50. The number of rotatable bonds is 2. The summed E-state index contributed by atoms with van der Waals surface area (Å²) in [7, 11) is 0. The Hall–Kier alpha value is -0.180. The van der Waals surface area contributed by atoms with E-state index in [-0.39, 0.29) is 17.0 Å².